The summed E-state index contributed by atoms with van der Waals surface area (Å²) in [4.78, 5) is 0.663. The summed E-state index contributed by atoms with van der Waals surface area (Å²) in [6.45, 7) is 2.26. The van der Waals surface area contributed by atoms with Gasteiger partial charge in [0.15, 0.2) is 10.8 Å². The standard InChI is InChI=1S/C19H12Cl2N4O2S/c1-10-12-4-2-3-5-14(12)27-17(10)18-22-23-19-25(18)24-16(28-19)9-26-15-7-6-11(20)8-13(15)21/h2-8H,9H2,1H3. The molecule has 0 saturated heterocycles. The maximum atomic E-state index is 6.15. The Bertz CT molecular complexity index is 1320. The average molecular weight is 431 g/mol. The van der Waals surface area contributed by atoms with Crippen LogP contribution in [0.2, 0.25) is 10.0 Å². The van der Waals surface area contributed by atoms with Gasteiger partial charge in [0.1, 0.15) is 17.9 Å². The predicted molar refractivity (Wildman–Crippen MR) is 109 cm³/mol. The van der Waals surface area contributed by atoms with Crippen LogP contribution in [0.1, 0.15) is 10.6 Å². The van der Waals surface area contributed by atoms with Gasteiger partial charge in [-0.3, -0.25) is 0 Å². The largest absolute Gasteiger partial charge is 0.485 e. The van der Waals surface area contributed by atoms with E-state index in [-0.39, 0.29) is 6.61 Å². The molecular weight excluding hydrogens is 419 g/mol. The molecule has 0 amide bonds. The first-order chi connectivity index (χ1) is 13.6. The summed E-state index contributed by atoms with van der Waals surface area (Å²) in [5.74, 6) is 1.77. The molecule has 0 atom stereocenters. The second-order valence-corrected chi connectivity index (χ2v) is 8.01. The van der Waals surface area contributed by atoms with Gasteiger partial charge in [-0.05, 0) is 31.2 Å². The van der Waals surface area contributed by atoms with Crippen molar-refractivity contribution >= 4 is 50.5 Å². The zero-order chi connectivity index (χ0) is 19.3. The Morgan fingerprint density at radius 1 is 1.14 bits per heavy atom. The summed E-state index contributed by atoms with van der Waals surface area (Å²) in [6, 6.07) is 13.0. The molecule has 5 rings (SSSR count). The van der Waals surface area contributed by atoms with Gasteiger partial charge in [-0.15, -0.1) is 10.2 Å². The van der Waals surface area contributed by atoms with Crippen molar-refractivity contribution < 1.29 is 9.15 Å². The Balaban J connectivity index is 1.47. The van der Waals surface area contributed by atoms with Crippen LogP contribution in [-0.4, -0.2) is 19.8 Å². The van der Waals surface area contributed by atoms with Gasteiger partial charge in [0.05, 0.1) is 5.02 Å². The van der Waals surface area contributed by atoms with Crippen molar-refractivity contribution in [1.82, 2.24) is 19.8 Å². The molecule has 0 unspecified atom stereocenters. The third kappa shape index (κ3) is 2.92. The lowest BCUT2D eigenvalue weighted by Crippen LogP contribution is -1.98. The Kier molecular flexibility index (Phi) is 4.23. The minimum atomic E-state index is 0.258. The molecule has 0 bridgehead atoms. The van der Waals surface area contributed by atoms with Gasteiger partial charge in [0, 0.05) is 16.0 Å². The second kappa shape index (κ2) is 6.77. The monoisotopic (exact) mass is 430 g/mol. The molecule has 140 valence electrons. The number of furan rings is 1. The fourth-order valence-electron chi connectivity index (χ4n) is 2.98. The highest BCUT2D eigenvalue weighted by atomic mass is 35.5. The van der Waals surface area contributed by atoms with E-state index < -0.39 is 0 Å². The molecule has 9 heteroatoms. The van der Waals surface area contributed by atoms with Crippen LogP contribution in [-0.2, 0) is 6.61 Å². The van der Waals surface area contributed by atoms with Gasteiger partial charge in [0.25, 0.3) is 0 Å². The van der Waals surface area contributed by atoms with Crippen LogP contribution in [0.15, 0.2) is 46.9 Å². The van der Waals surface area contributed by atoms with Crippen molar-refractivity contribution in [2.45, 2.75) is 13.5 Å². The van der Waals surface area contributed by atoms with Crippen LogP contribution in [0.5, 0.6) is 5.75 Å². The van der Waals surface area contributed by atoms with Crippen LogP contribution in [0.25, 0.3) is 27.5 Å². The lowest BCUT2D eigenvalue weighted by molar-refractivity contribution is 0.304. The normalized spacial score (nSPS) is 11.5. The molecule has 6 nitrogen and oxygen atoms in total. The van der Waals surface area contributed by atoms with Crippen molar-refractivity contribution in [2.24, 2.45) is 0 Å². The van der Waals surface area contributed by atoms with Crippen LogP contribution in [0.3, 0.4) is 0 Å². The summed E-state index contributed by atoms with van der Waals surface area (Å²) in [5, 5.41) is 15.9. The lowest BCUT2D eigenvalue weighted by atomic mass is 10.1. The van der Waals surface area contributed by atoms with Gasteiger partial charge in [-0.25, -0.2) is 0 Å². The molecule has 3 aromatic heterocycles. The van der Waals surface area contributed by atoms with E-state index in [1.165, 1.54) is 11.3 Å². The molecule has 28 heavy (non-hydrogen) atoms. The summed E-state index contributed by atoms with van der Waals surface area (Å²) in [7, 11) is 0. The van der Waals surface area contributed by atoms with Gasteiger partial charge < -0.3 is 9.15 Å². The molecule has 0 N–H and O–H groups in total. The highest BCUT2D eigenvalue weighted by Crippen LogP contribution is 2.33. The SMILES string of the molecule is Cc1c(-c2nnc3sc(COc4ccc(Cl)cc4Cl)nn23)oc2ccccc12. The smallest absolute Gasteiger partial charge is 0.235 e. The zero-order valence-corrected chi connectivity index (χ0v) is 16.8. The van der Waals surface area contributed by atoms with E-state index in [4.69, 9.17) is 32.4 Å². The summed E-state index contributed by atoms with van der Waals surface area (Å²) in [6.07, 6.45) is 0. The number of fused-ring (bicyclic) bond motifs is 2. The summed E-state index contributed by atoms with van der Waals surface area (Å²) >= 11 is 13.5. The van der Waals surface area contributed by atoms with Crippen molar-refractivity contribution in [1.29, 1.82) is 0 Å². The van der Waals surface area contributed by atoms with Crippen LogP contribution >= 0.6 is 34.5 Å². The Labute approximate surface area is 173 Å². The maximum absolute atomic E-state index is 6.15. The molecule has 0 radical (unpaired) electrons. The van der Waals surface area contributed by atoms with E-state index in [0.29, 0.717) is 32.3 Å². The number of aromatic nitrogens is 4. The van der Waals surface area contributed by atoms with Crippen LogP contribution in [0.4, 0.5) is 0 Å². The van der Waals surface area contributed by atoms with Gasteiger partial charge >= 0.3 is 0 Å². The van der Waals surface area contributed by atoms with Crippen molar-refractivity contribution in [2.75, 3.05) is 0 Å². The van der Waals surface area contributed by atoms with Crippen LogP contribution in [0, 0.1) is 6.92 Å². The summed E-state index contributed by atoms with van der Waals surface area (Å²) < 4.78 is 13.4. The molecular formula is C19H12Cl2N4O2S. The highest BCUT2D eigenvalue weighted by molar-refractivity contribution is 7.16. The van der Waals surface area contributed by atoms with Crippen molar-refractivity contribution in [3.8, 4) is 17.3 Å². The number of rotatable bonds is 4. The minimum Gasteiger partial charge on any atom is -0.485 e. The third-order valence-corrected chi connectivity index (χ3v) is 5.73. The first-order valence-electron chi connectivity index (χ1n) is 8.37. The quantitative estimate of drug-likeness (QED) is 0.360. The number of halogens is 2. The Hall–Kier alpha value is -2.61. The Morgan fingerprint density at radius 2 is 2.00 bits per heavy atom. The Morgan fingerprint density at radius 3 is 2.82 bits per heavy atom. The number of hydrogen-bond donors (Lipinski definition) is 0. The molecule has 2 aromatic carbocycles. The number of hydrogen-bond acceptors (Lipinski definition) is 6. The first kappa shape index (κ1) is 17.5. The number of benzene rings is 2. The van der Waals surface area contributed by atoms with Gasteiger partial charge in [-0.2, -0.15) is 9.61 Å². The number of aryl methyl sites for hydroxylation is 1. The number of nitrogens with zero attached hydrogens (tertiary/aromatic N) is 4. The molecule has 0 spiro atoms. The lowest BCUT2D eigenvalue weighted by Gasteiger charge is -2.05. The number of ether oxygens (including phenoxy) is 1. The molecule has 0 saturated carbocycles. The molecule has 5 aromatic rings. The van der Waals surface area contributed by atoms with Crippen LogP contribution < -0.4 is 4.74 Å². The van der Waals surface area contributed by atoms with E-state index in [9.17, 15) is 0 Å². The van der Waals surface area contributed by atoms with E-state index in [1.807, 2.05) is 31.2 Å². The van der Waals surface area contributed by atoms with Crippen molar-refractivity contribution in [3.05, 3.63) is 63.1 Å². The second-order valence-electron chi connectivity index (χ2n) is 6.13. The topological polar surface area (TPSA) is 65.5 Å². The highest BCUT2D eigenvalue weighted by Gasteiger charge is 2.20. The molecule has 0 aliphatic heterocycles. The number of para-hydroxylation sites is 1. The van der Waals surface area contributed by atoms with E-state index in [0.717, 1.165) is 21.5 Å². The fourth-order valence-corrected chi connectivity index (χ4v) is 4.19. The van der Waals surface area contributed by atoms with E-state index in [2.05, 4.69) is 15.3 Å². The van der Waals surface area contributed by atoms with Gasteiger partial charge in [-0.1, -0.05) is 52.7 Å². The van der Waals surface area contributed by atoms with Gasteiger partial charge in [0.2, 0.25) is 10.8 Å². The third-order valence-electron chi connectivity index (χ3n) is 4.32. The van der Waals surface area contributed by atoms with E-state index >= 15 is 0 Å². The minimum absolute atomic E-state index is 0.258. The fraction of sp³-hybridized carbons (Fsp3) is 0.105. The zero-order valence-electron chi connectivity index (χ0n) is 14.5. The summed E-state index contributed by atoms with van der Waals surface area (Å²) in [5.41, 5.74) is 1.81. The molecule has 0 aliphatic rings. The molecule has 3 heterocycles. The maximum Gasteiger partial charge on any atom is 0.235 e. The van der Waals surface area contributed by atoms with Crippen molar-refractivity contribution in [3.63, 3.8) is 0 Å². The molecule has 0 aliphatic carbocycles. The first-order valence-corrected chi connectivity index (χ1v) is 9.95. The molecule has 0 fully saturated rings. The predicted octanol–water partition coefficient (Wildman–Crippen LogP) is 5.79. The average Bonchev–Trinajstić information content (AvgIpc) is 3.34. The van der Waals surface area contributed by atoms with E-state index in [1.54, 1.807) is 22.7 Å².